The van der Waals surface area contributed by atoms with Crippen LogP contribution in [0.1, 0.15) is 37.9 Å². The van der Waals surface area contributed by atoms with Crippen molar-refractivity contribution in [2.45, 2.75) is 63.7 Å². The average Bonchev–Trinajstić information content (AvgIpc) is 3.62. The molecule has 0 saturated heterocycles. The third-order valence-electron chi connectivity index (χ3n) is 6.87. The van der Waals surface area contributed by atoms with E-state index in [1.165, 1.54) is 6.33 Å². The zero-order valence-corrected chi connectivity index (χ0v) is 24.2. The summed E-state index contributed by atoms with van der Waals surface area (Å²) in [6.07, 6.45) is 5.40. The van der Waals surface area contributed by atoms with E-state index in [1.54, 1.807) is 26.2 Å². The van der Waals surface area contributed by atoms with Crippen molar-refractivity contribution in [3.8, 4) is 0 Å². The second-order valence-electron chi connectivity index (χ2n) is 10.6. The van der Waals surface area contributed by atoms with Crippen LogP contribution in [0.5, 0.6) is 0 Å². The molecule has 2 heterocycles. The molecule has 0 aliphatic rings. The van der Waals surface area contributed by atoms with Crippen molar-refractivity contribution >= 4 is 40.6 Å². The average molecular weight is 597 g/mol. The molecule has 1 aromatic carbocycles. The van der Waals surface area contributed by atoms with E-state index in [2.05, 4.69) is 35.9 Å². The van der Waals surface area contributed by atoms with E-state index in [9.17, 15) is 24.3 Å². The first-order chi connectivity index (χ1) is 20.5. The number of H-pyrrole nitrogens is 2. The van der Waals surface area contributed by atoms with Crippen molar-refractivity contribution in [3.63, 3.8) is 0 Å². The normalized spacial score (nSPS) is 14.0. The van der Waals surface area contributed by atoms with E-state index in [0.717, 1.165) is 16.5 Å². The first-order valence-electron chi connectivity index (χ1n) is 13.9. The van der Waals surface area contributed by atoms with E-state index in [4.69, 9.17) is 17.2 Å². The van der Waals surface area contributed by atoms with Gasteiger partial charge in [-0.1, -0.05) is 32.0 Å². The van der Waals surface area contributed by atoms with Gasteiger partial charge in [0.15, 0.2) is 5.96 Å². The van der Waals surface area contributed by atoms with Crippen LogP contribution in [0.2, 0.25) is 0 Å². The Morgan fingerprint density at radius 2 is 1.70 bits per heavy atom. The number of aromatic nitrogens is 3. The Morgan fingerprint density at radius 1 is 0.977 bits per heavy atom. The van der Waals surface area contributed by atoms with Gasteiger partial charge >= 0.3 is 5.97 Å². The SMILES string of the molecule is CC(C)C(NC(=O)C(CCCN=C(N)N)NC(=O)C(N)Cc1cnc[nH]1)C(=O)NC(Cc1c[nH]c2ccccc12)C(=O)O. The van der Waals surface area contributed by atoms with Crippen molar-refractivity contribution in [3.05, 3.63) is 54.2 Å². The summed E-state index contributed by atoms with van der Waals surface area (Å²) in [6.45, 7) is 3.64. The summed E-state index contributed by atoms with van der Waals surface area (Å²) in [6, 6.07) is 3.06. The number of carboxylic acids is 1. The van der Waals surface area contributed by atoms with Crippen LogP contribution >= 0.6 is 0 Å². The number of aliphatic imine (C=N–C) groups is 1. The van der Waals surface area contributed by atoms with Gasteiger partial charge in [-0.15, -0.1) is 0 Å². The van der Waals surface area contributed by atoms with Gasteiger partial charge in [0.1, 0.15) is 18.1 Å². The van der Waals surface area contributed by atoms with E-state index in [0.29, 0.717) is 12.1 Å². The van der Waals surface area contributed by atoms with Crippen LogP contribution in [0.4, 0.5) is 0 Å². The zero-order chi connectivity index (χ0) is 31.5. The van der Waals surface area contributed by atoms with Gasteiger partial charge in [0.25, 0.3) is 0 Å². The maximum absolute atomic E-state index is 13.4. The van der Waals surface area contributed by atoms with Crippen molar-refractivity contribution < 1.29 is 24.3 Å². The molecule has 2 aromatic heterocycles. The molecule has 0 bridgehead atoms. The number of para-hydroxylation sites is 1. The van der Waals surface area contributed by atoms with Crippen LogP contribution in [0.15, 0.2) is 48.0 Å². The number of carboxylic acid groups (broad SMARTS) is 1. The Labute approximate surface area is 248 Å². The summed E-state index contributed by atoms with van der Waals surface area (Å²) in [5, 5.41) is 18.6. The topological polar surface area (TPSA) is 259 Å². The summed E-state index contributed by atoms with van der Waals surface area (Å²) in [5.74, 6) is -3.62. The fraction of sp³-hybridized carbons (Fsp3) is 0.429. The van der Waals surface area contributed by atoms with Gasteiger partial charge in [-0.05, 0) is 30.4 Å². The molecule has 0 saturated carbocycles. The number of hydrogen-bond donors (Lipinski definition) is 9. The molecule has 0 fully saturated rings. The van der Waals surface area contributed by atoms with Gasteiger partial charge < -0.3 is 48.2 Å². The zero-order valence-electron chi connectivity index (χ0n) is 24.2. The molecule has 4 atom stereocenters. The highest BCUT2D eigenvalue weighted by Gasteiger charge is 2.32. The van der Waals surface area contributed by atoms with Crippen LogP contribution in [0.25, 0.3) is 10.9 Å². The quantitative estimate of drug-likeness (QED) is 0.0571. The summed E-state index contributed by atoms with van der Waals surface area (Å²) >= 11 is 0. The van der Waals surface area contributed by atoms with E-state index < -0.39 is 53.8 Å². The number of benzene rings is 1. The molecule has 232 valence electrons. The number of carbonyl (C=O) groups is 4. The Morgan fingerprint density at radius 3 is 2.35 bits per heavy atom. The minimum Gasteiger partial charge on any atom is -0.480 e. The van der Waals surface area contributed by atoms with Crippen molar-refractivity contribution in [1.82, 2.24) is 30.9 Å². The molecule has 0 aliphatic carbocycles. The highest BCUT2D eigenvalue weighted by atomic mass is 16.4. The molecule has 3 aromatic rings. The highest BCUT2D eigenvalue weighted by Crippen LogP contribution is 2.19. The van der Waals surface area contributed by atoms with Gasteiger partial charge in [-0.2, -0.15) is 0 Å². The summed E-state index contributed by atoms with van der Waals surface area (Å²) in [4.78, 5) is 65.5. The molecule has 0 spiro atoms. The van der Waals surface area contributed by atoms with Crippen LogP contribution in [-0.4, -0.2) is 80.4 Å². The largest absolute Gasteiger partial charge is 0.480 e. The molecule has 15 nitrogen and oxygen atoms in total. The van der Waals surface area contributed by atoms with Crippen molar-refractivity contribution in [2.75, 3.05) is 6.54 Å². The van der Waals surface area contributed by atoms with Crippen LogP contribution in [-0.2, 0) is 32.0 Å². The number of nitrogens with one attached hydrogen (secondary N) is 5. The molecule has 12 N–H and O–H groups in total. The molecule has 4 unspecified atom stereocenters. The third kappa shape index (κ3) is 9.56. The number of nitrogens with zero attached hydrogens (tertiary/aromatic N) is 2. The van der Waals surface area contributed by atoms with E-state index in [1.807, 2.05) is 24.3 Å². The second-order valence-corrected chi connectivity index (χ2v) is 10.6. The van der Waals surface area contributed by atoms with Gasteiger partial charge in [0, 0.05) is 48.4 Å². The number of amides is 3. The molecule has 15 heteroatoms. The molecular formula is C28H40N10O5. The minimum atomic E-state index is -1.25. The molecule has 43 heavy (non-hydrogen) atoms. The molecular weight excluding hydrogens is 556 g/mol. The maximum Gasteiger partial charge on any atom is 0.326 e. The van der Waals surface area contributed by atoms with Crippen LogP contribution < -0.4 is 33.2 Å². The van der Waals surface area contributed by atoms with E-state index >= 15 is 0 Å². The molecule has 0 aliphatic heterocycles. The first-order valence-corrected chi connectivity index (χ1v) is 13.9. The molecule has 3 rings (SSSR count). The van der Waals surface area contributed by atoms with Gasteiger partial charge in [-0.25, -0.2) is 9.78 Å². The predicted molar refractivity (Wildman–Crippen MR) is 160 cm³/mol. The highest BCUT2D eigenvalue weighted by molar-refractivity contribution is 5.94. The predicted octanol–water partition coefficient (Wildman–Crippen LogP) is -0.748. The monoisotopic (exact) mass is 596 g/mol. The first kappa shape index (κ1) is 32.6. The Hall–Kier alpha value is -4.92. The maximum atomic E-state index is 13.4. The summed E-state index contributed by atoms with van der Waals surface area (Å²) in [5.41, 5.74) is 19.0. The molecule has 0 radical (unpaired) electrons. The minimum absolute atomic E-state index is 0.0293. The number of aliphatic carboxylic acids is 1. The molecule has 3 amide bonds. The fourth-order valence-corrected chi connectivity index (χ4v) is 4.55. The Balaban J connectivity index is 1.71. The summed E-state index contributed by atoms with van der Waals surface area (Å²) in [7, 11) is 0. The number of aromatic amines is 2. The third-order valence-corrected chi connectivity index (χ3v) is 6.87. The van der Waals surface area contributed by atoms with E-state index in [-0.39, 0.29) is 31.8 Å². The lowest BCUT2D eigenvalue weighted by atomic mass is 10.00. The lowest BCUT2D eigenvalue weighted by Crippen LogP contribution is -2.58. The van der Waals surface area contributed by atoms with Gasteiger partial charge in [-0.3, -0.25) is 19.4 Å². The second kappa shape index (κ2) is 15.3. The lowest BCUT2D eigenvalue weighted by molar-refractivity contribution is -0.142. The smallest absolute Gasteiger partial charge is 0.326 e. The fourth-order valence-electron chi connectivity index (χ4n) is 4.55. The van der Waals surface area contributed by atoms with Crippen LogP contribution in [0, 0.1) is 5.92 Å². The van der Waals surface area contributed by atoms with Crippen molar-refractivity contribution in [2.24, 2.45) is 28.1 Å². The lowest BCUT2D eigenvalue weighted by Gasteiger charge is -2.27. The summed E-state index contributed by atoms with van der Waals surface area (Å²) < 4.78 is 0. The standard InChI is InChI=1S/C28H40N10O5/c1-15(2)23(26(41)37-22(27(42)43)10-16-12-34-20-7-4-3-6-18(16)20)38-25(40)21(8-5-9-33-28(30)31)36-24(39)19(29)11-17-13-32-14-35-17/h3-4,6-7,12-15,19,21-23,34H,5,8-11,29H2,1-2H3,(H,32,35)(H,36,39)(H,37,41)(H,38,40)(H,42,43)(H4,30,31,33). The number of guanidine groups is 1. The van der Waals surface area contributed by atoms with Gasteiger partial charge in [0.05, 0.1) is 12.4 Å². The van der Waals surface area contributed by atoms with Crippen LogP contribution in [0.3, 0.4) is 0 Å². The Kier molecular flexibility index (Phi) is 11.6. The Bertz CT molecular complexity index is 1410. The number of hydrogen-bond acceptors (Lipinski definition) is 7. The number of nitrogens with two attached hydrogens (primary N) is 3. The number of fused-ring (bicyclic) bond motifs is 1. The number of carbonyl (C=O) groups excluding carboxylic acids is 3. The number of rotatable bonds is 16. The number of imidazole rings is 1. The van der Waals surface area contributed by atoms with Gasteiger partial charge in [0.2, 0.25) is 17.7 Å². The van der Waals surface area contributed by atoms with Crippen molar-refractivity contribution in [1.29, 1.82) is 0 Å².